The summed E-state index contributed by atoms with van der Waals surface area (Å²) in [4.78, 5) is 37.7. The predicted octanol–water partition coefficient (Wildman–Crippen LogP) is 2.80. The van der Waals surface area contributed by atoms with Gasteiger partial charge in [-0.25, -0.2) is 9.59 Å². The second kappa shape index (κ2) is 7.75. The first-order chi connectivity index (χ1) is 14.4. The number of methoxy groups -OCH3 is 2. The van der Waals surface area contributed by atoms with Gasteiger partial charge in [-0.15, -0.1) is 0 Å². The second-order valence-electron chi connectivity index (χ2n) is 6.58. The van der Waals surface area contributed by atoms with Crippen molar-refractivity contribution in [2.24, 2.45) is 0 Å². The van der Waals surface area contributed by atoms with Gasteiger partial charge in [-0.1, -0.05) is 11.6 Å². The van der Waals surface area contributed by atoms with E-state index < -0.39 is 24.1 Å². The second-order valence-corrected chi connectivity index (χ2v) is 6.99. The van der Waals surface area contributed by atoms with E-state index >= 15 is 0 Å². The minimum atomic E-state index is -0.769. The van der Waals surface area contributed by atoms with Gasteiger partial charge < -0.3 is 24.8 Å². The monoisotopic (exact) mass is 431 g/mol. The number of carbonyl (C=O) groups excluding carboxylic acids is 3. The maximum atomic E-state index is 12.5. The molecule has 30 heavy (non-hydrogen) atoms. The first kappa shape index (κ1) is 19.8. The van der Waals surface area contributed by atoms with Gasteiger partial charge in [0.1, 0.15) is 5.56 Å². The molecule has 4 rings (SSSR count). The van der Waals surface area contributed by atoms with Crippen molar-refractivity contribution in [3.05, 3.63) is 52.0 Å². The van der Waals surface area contributed by atoms with Crippen LogP contribution in [0.1, 0.15) is 32.5 Å². The van der Waals surface area contributed by atoms with Gasteiger partial charge in [0.15, 0.2) is 11.5 Å². The smallest absolute Gasteiger partial charge is 0.344 e. The number of ether oxygens (including phenoxy) is 3. The zero-order valence-corrected chi connectivity index (χ0v) is 16.9. The average molecular weight is 432 g/mol. The van der Waals surface area contributed by atoms with Gasteiger partial charge in [0.2, 0.25) is 6.23 Å². The lowest BCUT2D eigenvalue weighted by Crippen LogP contribution is -2.34. The molecule has 1 unspecified atom stereocenters. The van der Waals surface area contributed by atoms with Crippen LogP contribution in [0.3, 0.4) is 0 Å². The van der Waals surface area contributed by atoms with Crippen molar-refractivity contribution in [2.45, 2.75) is 6.23 Å². The fraction of sp³-hybridized carbons (Fsp3) is 0.250. The van der Waals surface area contributed by atoms with Gasteiger partial charge in [-0.3, -0.25) is 9.69 Å². The fourth-order valence-electron chi connectivity index (χ4n) is 3.45. The fourth-order valence-corrected chi connectivity index (χ4v) is 3.71. The van der Waals surface area contributed by atoms with Crippen molar-refractivity contribution in [2.75, 3.05) is 32.6 Å². The highest BCUT2D eigenvalue weighted by Crippen LogP contribution is 2.42. The summed E-state index contributed by atoms with van der Waals surface area (Å²) in [5.41, 5.74) is 1.60. The molecule has 156 valence electrons. The van der Waals surface area contributed by atoms with E-state index in [9.17, 15) is 14.4 Å². The SMILES string of the molecule is COc1ccc2c(c1OC)C(=O)OC2Nc1ccc(C(=O)N2CCNC2=O)c(Cl)c1. The Bertz CT molecular complexity index is 1060. The van der Waals surface area contributed by atoms with E-state index in [0.717, 1.165) is 4.90 Å². The lowest BCUT2D eigenvalue weighted by molar-refractivity contribution is 0.0435. The number of fused-ring (bicyclic) bond motifs is 1. The van der Waals surface area contributed by atoms with Gasteiger partial charge >= 0.3 is 12.0 Å². The highest BCUT2D eigenvalue weighted by atomic mass is 35.5. The molecule has 2 N–H and O–H groups in total. The quantitative estimate of drug-likeness (QED) is 0.701. The summed E-state index contributed by atoms with van der Waals surface area (Å²) in [6, 6.07) is 7.63. The number of rotatable bonds is 5. The minimum absolute atomic E-state index is 0.168. The van der Waals surface area contributed by atoms with E-state index in [1.807, 2.05) is 0 Å². The Hall–Kier alpha value is -3.46. The number of imide groups is 1. The molecule has 0 radical (unpaired) electrons. The number of nitrogens with zero attached hydrogens (tertiary/aromatic N) is 1. The number of hydrogen-bond donors (Lipinski definition) is 2. The number of benzene rings is 2. The highest BCUT2D eigenvalue weighted by molar-refractivity contribution is 6.34. The largest absolute Gasteiger partial charge is 0.493 e. The van der Waals surface area contributed by atoms with E-state index in [1.165, 1.54) is 26.4 Å². The molecule has 2 heterocycles. The molecule has 0 bridgehead atoms. The normalized spacial score (nSPS) is 17.3. The van der Waals surface area contributed by atoms with E-state index in [1.54, 1.807) is 18.2 Å². The molecule has 2 aliphatic heterocycles. The van der Waals surface area contributed by atoms with Crippen LogP contribution in [0.25, 0.3) is 0 Å². The van der Waals surface area contributed by atoms with E-state index in [-0.39, 0.29) is 22.7 Å². The molecule has 2 aromatic carbocycles. The van der Waals surface area contributed by atoms with Crippen LogP contribution in [0, 0.1) is 0 Å². The third-order valence-corrected chi connectivity index (χ3v) is 5.20. The van der Waals surface area contributed by atoms with Crippen molar-refractivity contribution >= 4 is 35.2 Å². The van der Waals surface area contributed by atoms with Crippen LogP contribution >= 0.6 is 11.6 Å². The third kappa shape index (κ3) is 3.26. The molecule has 9 nitrogen and oxygen atoms in total. The lowest BCUT2D eigenvalue weighted by atomic mass is 10.1. The van der Waals surface area contributed by atoms with Crippen LogP contribution in [0.5, 0.6) is 11.5 Å². The Morgan fingerprint density at radius 3 is 2.67 bits per heavy atom. The molecular weight excluding hydrogens is 414 g/mol. The Kier molecular flexibility index (Phi) is 5.13. The van der Waals surface area contributed by atoms with Crippen LogP contribution < -0.4 is 20.1 Å². The molecule has 1 atom stereocenters. The topological polar surface area (TPSA) is 106 Å². The summed E-state index contributed by atoms with van der Waals surface area (Å²) >= 11 is 6.29. The van der Waals surface area contributed by atoms with E-state index in [2.05, 4.69) is 10.6 Å². The zero-order chi connectivity index (χ0) is 21.4. The average Bonchev–Trinajstić information content (AvgIpc) is 3.30. The lowest BCUT2D eigenvalue weighted by Gasteiger charge is -2.17. The molecule has 3 amide bonds. The molecule has 1 saturated heterocycles. The van der Waals surface area contributed by atoms with Crippen LogP contribution in [0.2, 0.25) is 5.02 Å². The Labute approximate surface area is 176 Å². The number of cyclic esters (lactones) is 1. The van der Waals surface area contributed by atoms with Crippen molar-refractivity contribution in [1.82, 2.24) is 10.2 Å². The number of esters is 1. The van der Waals surface area contributed by atoms with Gasteiger partial charge in [-0.05, 0) is 30.3 Å². The maximum absolute atomic E-state index is 12.5. The molecule has 0 spiro atoms. The van der Waals surface area contributed by atoms with Crippen molar-refractivity contribution in [3.8, 4) is 11.5 Å². The summed E-state index contributed by atoms with van der Waals surface area (Å²) in [5.74, 6) is -0.301. The first-order valence-corrected chi connectivity index (χ1v) is 9.44. The first-order valence-electron chi connectivity index (χ1n) is 9.06. The standard InChI is InChI=1S/C20H18ClN3O6/c1-28-14-6-5-12-15(16(14)29-2)19(26)30-17(12)23-10-3-4-11(13(21)9-10)18(25)24-8-7-22-20(24)27/h3-6,9,17,23H,7-8H2,1-2H3,(H,22,27). The summed E-state index contributed by atoms with van der Waals surface area (Å²) < 4.78 is 16.0. The van der Waals surface area contributed by atoms with E-state index in [4.69, 9.17) is 25.8 Å². The zero-order valence-electron chi connectivity index (χ0n) is 16.2. The van der Waals surface area contributed by atoms with Crippen molar-refractivity contribution in [3.63, 3.8) is 0 Å². The third-order valence-electron chi connectivity index (χ3n) is 4.89. The summed E-state index contributed by atoms with van der Waals surface area (Å²) in [6.45, 7) is 0.691. The van der Waals surface area contributed by atoms with Crippen molar-refractivity contribution < 1.29 is 28.6 Å². The Morgan fingerprint density at radius 1 is 1.23 bits per heavy atom. The van der Waals surface area contributed by atoms with Gasteiger partial charge in [0, 0.05) is 24.3 Å². The minimum Gasteiger partial charge on any atom is -0.493 e. The number of halogens is 1. The number of hydrogen-bond acceptors (Lipinski definition) is 7. The van der Waals surface area contributed by atoms with Crippen LogP contribution in [0.15, 0.2) is 30.3 Å². The molecule has 10 heteroatoms. The van der Waals surface area contributed by atoms with Crippen LogP contribution in [0.4, 0.5) is 10.5 Å². The predicted molar refractivity (Wildman–Crippen MR) is 107 cm³/mol. The van der Waals surface area contributed by atoms with Gasteiger partial charge in [0.05, 0.1) is 24.8 Å². The van der Waals surface area contributed by atoms with Crippen molar-refractivity contribution in [1.29, 1.82) is 0 Å². The summed E-state index contributed by atoms with van der Waals surface area (Å²) in [5, 5.41) is 5.82. The molecule has 2 aromatic rings. The molecule has 2 aliphatic rings. The van der Waals surface area contributed by atoms with E-state index in [0.29, 0.717) is 29.3 Å². The Balaban J connectivity index is 1.58. The number of urea groups is 1. The summed E-state index contributed by atoms with van der Waals surface area (Å²) in [7, 11) is 2.93. The molecule has 0 saturated carbocycles. The molecule has 0 aromatic heterocycles. The Morgan fingerprint density at radius 2 is 2.03 bits per heavy atom. The highest BCUT2D eigenvalue weighted by Gasteiger charge is 2.36. The molecule has 0 aliphatic carbocycles. The number of nitrogens with one attached hydrogen (secondary N) is 2. The van der Waals surface area contributed by atoms with Crippen LogP contribution in [-0.4, -0.2) is 50.1 Å². The number of amides is 3. The molecule has 1 fully saturated rings. The molecular formula is C20H18ClN3O6. The van der Waals surface area contributed by atoms with Crippen LogP contribution in [-0.2, 0) is 4.74 Å². The van der Waals surface area contributed by atoms with Gasteiger partial charge in [0.25, 0.3) is 5.91 Å². The number of anilines is 1. The number of carbonyl (C=O) groups is 3. The maximum Gasteiger partial charge on any atom is 0.344 e. The van der Waals surface area contributed by atoms with Gasteiger partial charge in [-0.2, -0.15) is 0 Å². The summed E-state index contributed by atoms with van der Waals surface area (Å²) in [6.07, 6.45) is -0.769.